The van der Waals surface area contributed by atoms with Crippen LogP contribution in [0, 0.1) is 5.82 Å². The van der Waals surface area contributed by atoms with Crippen molar-refractivity contribution >= 4 is 45.9 Å². The zero-order valence-corrected chi connectivity index (χ0v) is 16.8. The summed E-state index contributed by atoms with van der Waals surface area (Å²) in [7, 11) is 0. The summed E-state index contributed by atoms with van der Waals surface area (Å²) in [6.45, 7) is 2.24. The van der Waals surface area contributed by atoms with Gasteiger partial charge in [0, 0.05) is 12.7 Å². The van der Waals surface area contributed by atoms with E-state index in [2.05, 4.69) is 4.98 Å². The molecule has 0 bridgehead atoms. The number of halogens is 1. The van der Waals surface area contributed by atoms with Gasteiger partial charge < -0.3 is 4.74 Å². The van der Waals surface area contributed by atoms with Crippen LogP contribution >= 0.6 is 24.0 Å². The molecule has 0 radical (unpaired) electrons. The molecule has 1 aliphatic rings. The standard InChI is InChI=1S/C20H14FN3O3S2/c1-2-23-19(26)15(29-20(23)28)11-12-17(27-14-8-4-3-7-13(14)21)22-16-9-5-6-10-24(16)18(12)25/h3-11H,2H2,1H3/b15-11+. The second kappa shape index (κ2) is 7.76. The molecule has 0 aliphatic carbocycles. The molecular formula is C20H14FN3O3S2. The maximum Gasteiger partial charge on any atom is 0.269 e. The number of ether oxygens (including phenoxy) is 1. The minimum Gasteiger partial charge on any atom is -0.435 e. The minimum absolute atomic E-state index is 0.0357. The van der Waals surface area contributed by atoms with E-state index in [9.17, 15) is 14.0 Å². The Balaban J connectivity index is 1.90. The molecule has 1 fully saturated rings. The van der Waals surface area contributed by atoms with Crippen molar-refractivity contribution in [3.63, 3.8) is 0 Å². The third kappa shape index (κ3) is 3.54. The van der Waals surface area contributed by atoms with Crippen LogP contribution in [0.3, 0.4) is 0 Å². The largest absolute Gasteiger partial charge is 0.435 e. The number of aromatic nitrogens is 2. The fourth-order valence-electron chi connectivity index (χ4n) is 2.82. The summed E-state index contributed by atoms with van der Waals surface area (Å²) in [6.07, 6.45) is 2.96. The highest BCUT2D eigenvalue weighted by molar-refractivity contribution is 8.26. The molecule has 146 valence electrons. The summed E-state index contributed by atoms with van der Waals surface area (Å²) >= 11 is 6.32. The lowest BCUT2D eigenvalue weighted by atomic mass is 10.2. The SMILES string of the molecule is CCN1C(=O)/C(=C\c2c(Oc3ccccc3F)nc3ccccn3c2=O)SC1=S. The molecule has 0 N–H and O–H groups in total. The zero-order valence-electron chi connectivity index (χ0n) is 15.2. The third-order valence-corrected chi connectivity index (χ3v) is 5.62. The Morgan fingerprint density at radius 2 is 1.97 bits per heavy atom. The Hall–Kier alpha value is -3.04. The number of thiocarbonyl (C=S) groups is 1. The minimum atomic E-state index is -0.592. The molecule has 3 aromatic rings. The molecule has 9 heteroatoms. The number of hydrogen-bond acceptors (Lipinski definition) is 6. The average Bonchev–Trinajstić information content (AvgIpc) is 2.99. The maximum atomic E-state index is 14.1. The van der Waals surface area contributed by atoms with Gasteiger partial charge in [-0.2, -0.15) is 4.98 Å². The van der Waals surface area contributed by atoms with E-state index in [-0.39, 0.29) is 28.0 Å². The summed E-state index contributed by atoms with van der Waals surface area (Å²) in [5, 5.41) is 0. The van der Waals surface area contributed by atoms with E-state index >= 15 is 0 Å². The molecule has 29 heavy (non-hydrogen) atoms. The van der Waals surface area contributed by atoms with Gasteiger partial charge in [0.15, 0.2) is 11.6 Å². The van der Waals surface area contributed by atoms with Crippen LogP contribution in [-0.2, 0) is 4.79 Å². The van der Waals surface area contributed by atoms with Gasteiger partial charge in [-0.15, -0.1) is 0 Å². The van der Waals surface area contributed by atoms with E-state index in [1.807, 2.05) is 6.92 Å². The van der Waals surface area contributed by atoms with E-state index in [4.69, 9.17) is 17.0 Å². The Labute approximate surface area is 174 Å². The number of nitrogens with zero attached hydrogens (tertiary/aromatic N) is 3. The molecule has 0 saturated carbocycles. The number of para-hydroxylation sites is 1. The van der Waals surface area contributed by atoms with Crippen LogP contribution in [0.25, 0.3) is 11.7 Å². The lowest BCUT2D eigenvalue weighted by Crippen LogP contribution is -2.27. The molecule has 2 aromatic heterocycles. The molecule has 4 rings (SSSR count). The first-order chi connectivity index (χ1) is 14.0. The van der Waals surface area contributed by atoms with E-state index in [0.717, 1.165) is 11.8 Å². The van der Waals surface area contributed by atoms with Gasteiger partial charge in [-0.25, -0.2) is 4.39 Å². The summed E-state index contributed by atoms with van der Waals surface area (Å²) in [4.78, 5) is 31.7. The van der Waals surface area contributed by atoms with Crippen LogP contribution in [-0.4, -0.2) is 31.1 Å². The van der Waals surface area contributed by atoms with Gasteiger partial charge in [-0.05, 0) is 37.3 Å². The summed E-state index contributed by atoms with van der Waals surface area (Å²) in [5.74, 6) is -1.05. The Morgan fingerprint density at radius 1 is 1.21 bits per heavy atom. The number of carbonyl (C=O) groups excluding carboxylic acids is 1. The number of pyridine rings is 1. The van der Waals surface area contributed by atoms with Crippen LogP contribution in [0.1, 0.15) is 12.5 Å². The van der Waals surface area contributed by atoms with Gasteiger partial charge in [-0.1, -0.05) is 42.2 Å². The topological polar surface area (TPSA) is 63.9 Å². The first-order valence-corrected chi connectivity index (χ1v) is 9.91. The Kier molecular flexibility index (Phi) is 5.16. The molecule has 6 nitrogen and oxygen atoms in total. The van der Waals surface area contributed by atoms with Crippen LogP contribution in [0.15, 0.2) is 58.4 Å². The van der Waals surface area contributed by atoms with E-state index in [0.29, 0.717) is 16.5 Å². The van der Waals surface area contributed by atoms with Gasteiger partial charge in [-0.3, -0.25) is 18.9 Å². The number of thioether (sulfide) groups is 1. The van der Waals surface area contributed by atoms with Crippen molar-refractivity contribution in [2.24, 2.45) is 0 Å². The van der Waals surface area contributed by atoms with Crippen LogP contribution in [0.4, 0.5) is 4.39 Å². The maximum absolute atomic E-state index is 14.1. The Morgan fingerprint density at radius 3 is 2.69 bits per heavy atom. The van der Waals surface area contributed by atoms with Gasteiger partial charge in [0.1, 0.15) is 15.5 Å². The Bertz CT molecular complexity index is 1240. The van der Waals surface area contributed by atoms with Crippen LogP contribution in [0.2, 0.25) is 0 Å². The van der Waals surface area contributed by atoms with Crippen molar-refractivity contribution in [3.8, 4) is 11.6 Å². The average molecular weight is 427 g/mol. The van der Waals surface area contributed by atoms with Crippen molar-refractivity contribution in [1.29, 1.82) is 0 Å². The molecule has 0 atom stereocenters. The highest BCUT2D eigenvalue weighted by Gasteiger charge is 2.31. The normalized spacial score (nSPS) is 15.5. The molecule has 3 heterocycles. The molecule has 1 amide bonds. The van der Waals surface area contributed by atoms with E-state index in [1.54, 1.807) is 30.5 Å². The molecule has 1 aromatic carbocycles. The third-order valence-electron chi connectivity index (χ3n) is 4.24. The van der Waals surface area contributed by atoms with Crippen molar-refractivity contribution in [1.82, 2.24) is 14.3 Å². The molecule has 1 saturated heterocycles. The predicted octanol–water partition coefficient (Wildman–Crippen LogP) is 3.85. The second-order valence-corrected chi connectivity index (χ2v) is 7.70. The van der Waals surface area contributed by atoms with Gasteiger partial charge >= 0.3 is 0 Å². The quantitative estimate of drug-likeness (QED) is 0.466. The number of fused-ring (bicyclic) bond motifs is 1. The molecule has 1 aliphatic heterocycles. The van der Waals surface area contributed by atoms with E-state index in [1.165, 1.54) is 33.6 Å². The molecular weight excluding hydrogens is 413 g/mol. The number of amides is 1. The second-order valence-electron chi connectivity index (χ2n) is 6.02. The summed E-state index contributed by atoms with van der Waals surface area (Å²) in [5.41, 5.74) is -0.0700. The van der Waals surface area contributed by atoms with Gasteiger partial charge in [0.25, 0.3) is 11.5 Å². The van der Waals surface area contributed by atoms with Crippen molar-refractivity contribution in [3.05, 3.63) is 75.3 Å². The summed E-state index contributed by atoms with van der Waals surface area (Å²) in [6, 6.07) is 10.9. The molecule has 0 unspecified atom stereocenters. The number of likely N-dealkylation sites (N-methyl/N-ethyl adjacent to an activating group) is 1. The van der Waals surface area contributed by atoms with Crippen molar-refractivity contribution in [2.45, 2.75) is 6.92 Å². The monoisotopic (exact) mass is 427 g/mol. The van der Waals surface area contributed by atoms with Crippen molar-refractivity contribution < 1.29 is 13.9 Å². The van der Waals surface area contributed by atoms with Crippen LogP contribution in [0.5, 0.6) is 11.6 Å². The lowest BCUT2D eigenvalue weighted by Gasteiger charge is -2.11. The first kappa shape index (κ1) is 19.3. The van der Waals surface area contributed by atoms with Crippen molar-refractivity contribution in [2.75, 3.05) is 6.54 Å². The van der Waals surface area contributed by atoms with Crippen LogP contribution < -0.4 is 10.3 Å². The summed E-state index contributed by atoms with van der Waals surface area (Å²) < 4.78 is 21.5. The smallest absolute Gasteiger partial charge is 0.269 e. The number of benzene rings is 1. The fourth-order valence-corrected chi connectivity index (χ4v) is 4.19. The van der Waals surface area contributed by atoms with Gasteiger partial charge in [0.05, 0.1) is 4.91 Å². The van der Waals surface area contributed by atoms with E-state index < -0.39 is 11.4 Å². The molecule has 0 spiro atoms. The lowest BCUT2D eigenvalue weighted by molar-refractivity contribution is -0.121. The predicted molar refractivity (Wildman–Crippen MR) is 113 cm³/mol. The number of carbonyl (C=O) groups is 1. The highest BCUT2D eigenvalue weighted by Crippen LogP contribution is 2.34. The number of rotatable bonds is 4. The van der Waals surface area contributed by atoms with Gasteiger partial charge in [0.2, 0.25) is 5.88 Å². The first-order valence-electron chi connectivity index (χ1n) is 8.68. The number of hydrogen-bond donors (Lipinski definition) is 0. The highest BCUT2D eigenvalue weighted by atomic mass is 32.2. The fraction of sp³-hybridized carbons (Fsp3) is 0.100. The zero-order chi connectivity index (χ0) is 20.5.